The summed E-state index contributed by atoms with van der Waals surface area (Å²) in [6.07, 6.45) is -3.29. The van der Waals surface area contributed by atoms with Gasteiger partial charge >= 0.3 is 6.18 Å². The van der Waals surface area contributed by atoms with Gasteiger partial charge in [-0.2, -0.15) is 13.2 Å². The molecule has 0 aliphatic rings. The van der Waals surface area contributed by atoms with Crippen LogP contribution in [-0.4, -0.2) is 19.7 Å². The van der Waals surface area contributed by atoms with E-state index in [0.717, 1.165) is 18.2 Å². The lowest BCUT2D eigenvalue weighted by Crippen LogP contribution is -2.10. The van der Waals surface area contributed by atoms with Gasteiger partial charge in [0.05, 0.1) is 27.3 Å². The van der Waals surface area contributed by atoms with Crippen molar-refractivity contribution >= 4 is 39.6 Å². The monoisotopic (exact) mass is 518 g/mol. The fourth-order valence-corrected chi connectivity index (χ4v) is 4.63. The van der Waals surface area contributed by atoms with Crippen LogP contribution >= 0.6 is 11.6 Å². The molecule has 0 aliphatic carbocycles. The Morgan fingerprint density at radius 3 is 2.36 bits per heavy atom. The van der Waals surface area contributed by atoms with Gasteiger partial charge in [0, 0.05) is 29.9 Å². The van der Waals surface area contributed by atoms with E-state index in [2.05, 4.69) is 4.98 Å². The zero-order valence-corrected chi connectivity index (χ0v) is 19.5. The molecule has 5 nitrogen and oxygen atoms in total. The normalized spacial score (nSPS) is 12.1. The average Bonchev–Trinajstić information content (AvgIpc) is 3.37. The molecule has 0 saturated carbocycles. The Bertz CT molecular complexity index is 1690. The third kappa shape index (κ3) is 3.51. The standard InChI is InChI=1S/C25H16ClF5N4O/c1-11-33-23-19(34(11)2)10-14(25(29,30)31)20(21(23)26)13-4-3-7-35-17(13)5-6-18(35)24(36)12-8-15(27)22(32)16(28)9-12/h3-10H,32H2,1-2H3. The third-order valence-electron chi connectivity index (χ3n) is 6.18. The second-order valence-corrected chi connectivity index (χ2v) is 8.65. The number of aryl methyl sites for hydroxylation is 2. The Morgan fingerprint density at radius 2 is 1.72 bits per heavy atom. The zero-order valence-electron chi connectivity index (χ0n) is 18.7. The second-order valence-electron chi connectivity index (χ2n) is 8.28. The topological polar surface area (TPSA) is 65.3 Å². The average molecular weight is 519 g/mol. The summed E-state index contributed by atoms with van der Waals surface area (Å²) in [4.78, 5) is 17.4. The highest BCUT2D eigenvalue weighted by atomic mass is 35.5. The summed E-state index contributed by atoms with van der Waals surface area (Å²) in [6.45, 7) is 1.65. The summed E-state index contributed by atoms with van der Waals surface area (Å²) in [5, 5.41) is -0.187. The molecule has 5 rings (SSSR count). The summed E-state index contributed by atoms with van der Waals surface area (Å²) in [5.41, 5.74) is 3.75. The van der Waals surface area contributed by atoms with Crippen molar-refractivity contribution in [3.05, 3.63) is 88.0 Å². The Balaban J connectivity index is 1.76. The summed E-state index contributed by atoms with van der Waals surface area (Å²) < 4.78 is 73.4. The number of carbonyl (C=O) groups excluding carboxylic acids is 1. The number of benzene rings is 2. The van der Waals surface area contributed by atoms with E-state index in [1.54, 1.807) is 14.0 Å². The van der Waals surface area contributed by atoms with E-state index in [9.17, 15) is 26.7 Å². The number of pyridine rings is 1. The predicted octanol–water partition coefficient (Wildman–Crippen LogP) is 6.57. The van der Waals surface area contributed by atoms with Gasteiger partial charge in [0.2, 0.25) is 5.78 Å². The molecule has 11 heteroatoms. The molecule has 0 amide bonds. The Kier molecular flexibility index (Phi) is 5.33. The van der Waals surface area contributed by atoms with Crippen LogP contribution in [0.5, 0.6) is 0 Å². The molecule has 0 saturated heterocycles. The second kappa shape index (κ2) is 8.06. The molecule has 2 aromatic carbocycles. The summed E-state index contributed by atoms with van der Waals surface area (Å²) in [5.74, 6) is -2.46. The molecule has 36 heavy (non-hydrogen) atoms. The fraction of sp³-hybridized carbons (Fsp3) is 0.120. The van der Waals surface area contributed by atoms with Crippen molar-refractivity contribution in [2.24, 2.45) is 7.05 Å². The minimum atomic E-state index is -4.75. The van der Waals surface area contributed by atoms with E-state index in [1.807, 2.05) is 0 Å². The lowest BCUT2D eigenvalue weighted by molar-refractivity contribution is -0.137. The number of nitrogens with zero attached hydrogens (tertiary/aromatic N) is 3. The summed E-state index contributed by atoms with van der Waals surface area (Å²) in [7, 11) is 1.59. The first-order valence-electron chi connectivity index (χ1n) is 10.5. The molecular weight excluding hydrogens is 503 g/mol. The summed E-state index contributed by atoms with van der Waals surface area (Å²) in [6, 6.07) is 8.31. The van der Waals surface area contributed by atoms with Gasteiger partial charge in [-0.15, -0.1) is 0 Å². The van der Waals surface area contributed by atoms with Crippen LogP contribution in [0.3, 0.4) is 0 Å². The molecule has 0 spiro atoms. The number of hydrogen-bond donors (Lipinski definition) is 1. The first-order valence-corrected chi connectivity index (χ1v) is 10.9. The number of anilines is 1. The molecule has 5 aromatic rings. The maximum atomic E-state index is 14.2. The molecule has 0 atom stereocenters. The van der Waals surface area contributed by atoms with Crippen molar-refractivity contribution in [3.8, 4) is 11.1 Å². The predicted molar refractivity (Wildman–Crippen MR) is 126 cm³/mol. The van der Waals surface area contributed by atoms with Crippen molar-refractivity contribution in [2.45, 2.75) is 13.1 Å². The maximum Gasteiger partial charge on any atom is 0.417 e. The SMILES string of the molecule is Cc1nc2c(Cl)c(-c3cccn4c(C(=O)c5cc(F)c(N)c(F)c5)ccc34)c(C(F)(F)F)cc2n1C. The van der Waals surface area contributed by atoms with Gasteiger partial charge in [-0.1, -0.05) is 17.7 Å². The van der Waals surface area contributed by atoms with Gasteiger partial charge in [-0.25, -0.2) is 13.8 Å². The molecule has 0 radical (unpaired) electrons. The largest absolute Gasteiger partial charge is 0.417 e. The van der Waals surface area contributed by atoms with E-state index < -0.39 is 34.8 Å². The van der Waals surface area contributed by atoms with Gasteiger partial charge in [0.1, 0.15) is 28.7 Å². The number of rotatable bonds is 3. The molecule has 2 N–H and O–H groups in total. The quantitative estimate of drug-likeness (QED) is 0.167. The highest BCUT2D eigenvalue weighted by molar-refractivity contribution is 6.38. The first kappa shape index (κ1) is 23.8. The minimum Gasteiger partial charge on any atom is -0.394 e. The van der Waals surface area contributed by atoms with E-state index >= 15 is 0 Å². The highest BCUT2D eigenvalue weighted by Gasteiger charge is 2.37. The minimum absolute atomic E-state index is 0.0186. The van der Waals surface area contributed by atoms with Gasteiger partial charge in [-0.05, 0) is 43.3 Å². The van der Waals surface area contributed by atoms with Crippen LogP contribution in [0.2, 0.25) is 5.02 Å². The maximum absolute atomic E-state index is 14.2. The smallest absolute Gasteiger partial charge is 0.394 e. The molecule has 0 fully saturated rings. The van der Waals surface area contributed by atoms with Crippen LogP contribution in [-0.2, 0) is 13.2 Å². The Hall–Kier alpha value is -3.92. The molecular formula is C25H16ClF5N4O. The van der Waals surface area contributed by atoms with Gasteiger partial charge in [0.25, 0.3) is 0 Å². The number of nitrogen functional groups attached to an aromatic ring is 1. The highest BCUT2D eigenvalue weighted by Crippen LogP contribution is 2.45. The molecule has 3 heterocycles. The van der Waals surface area contributed by atoms with Crippen LogP contribution < -0.4 is 5.73 Å². The fourth-order valence-electron chi connectivity index (χ4n) is 4.29. The number of halogens is 6. The van der Waals surface area contributed by atoms with Gasteiger partial charge < -0.3 is 14.7 Å². The van der Waals surface area contributed by atoms with Crippen molar-refractivity contribution in [2.75, 3.05) is 5.73 Å². The van der Waals surface area contributed by atoms with Crippen molar-refractivity contribution in [1.82, 2.24) is 14.0 Å². The number of hydrogen-bond acceptors (Lipinski definition) is 3. The van der Waals surface area contributed by atoms with E-state index in [0.29, 0.717) is 5.82 Å². The van der Waals surface area contributed by atoms with E-state index in [-0.39, 0.29) is 44.0 Å². The van der Waals surface area contributed by atoms with E-state index in [4.69, 9.17) is 17.3 Å². The zero-order chi connectivity index (χ0) is 26.1. The van der Waals surface area contributed by atoms with Crippen LogP contribution in [0, 0.1) is 18.6 Å². The van der Waals surface area contributed by atoms with Crippen molar-refractivity contribution < 1.29 is 26.7 Å². The van der Waals surface area contributed by atoms with Crippen molar-refractivity contribution in [3.63, 3.8) is 0 Å². The molecule has 184 valence electrons. The Labute approximate surface area is 205 Å². The number of alkyl halides is 3. The van der Waals surface area contributed by atoms with Crippen molar-refractivity contribution in [1.29, 1.82) is 0 Å². The first-order chi connectivity index (χ1) is 16.9. The number of carbonyl (C=O) groups is 1. The Morgan fingerprint density at radius 1 is 1.06 bits per heavy atom. The number of nitrogens with two attached hydrogens (primary N) is 1. The van der Waals surface area contributed by atoms with Gasteiger partial charge in [-0.3, -0.25) is 4.79 Å². The van der Waals surface area contributed by atoms with Crippen LogP contribution in [0.4, 0.5) is 27.6 Å². The molecule has 3 aromatic heterocycles. The number of ketones is 1. The lowest BCUT2D eigenvalue weighted by Gasteiger charge is -2.17. The van der Waals surface area contributed by atoms with Crippen LogP contribution in [0.1, 0.15) is 27.4 Å². The molecule has 0 bridgehead atoms. The number of aromatic nitrogens is 3. The molecule has 0 unspecified atom stereocenters. The number of fused-ring (bicyclic) bond motifs is 2. The van der Waals surface area contributed by atoms with E-state index in [1.165, 1.54) is 39.4 Å². The van der Waals surface area contributed by atoms with Gasteiger partial charge in [0.15, 0.2) is 0 Å². The van der Waals surface area contributed by atoms with Crippen LogP contribution in [0.25, 0.3) is 27.7 Å². The lowest BCUT2D eigenvalue weighted by atomic mass is 9.97. The molecule has 0 aliphatic heterocycles. The number of imidazole rings is 1. The van der Waals surface area contributed by atoms with Crippen LogP contribution in [0.15, 0.2) is 48.7 Å². The third-order valence-corrected chi connectivity index (χ3v) is 6.55. The summed E-state index contributed by atoms with van der Waals surface area (Å²) >= 11 is 6.54.